The Balaban J connectivity index is 2.55. The molecule has 2 heterocycles. The molecule has 2 atom stereocenters. The zero-order valence-corrected chi connectivity index (χ0v) is 28.2. The Hall–Kier alpha value is -0.729. The van der Waals surface area contributed by atoms with Crippen molar-refractivity contribution >= 4 is 51.8 Å². The Labute approximate surface area is 222 Å². The van der Waals surface area contributed by atoms with Crippen molar-refractivity contribution in [1.29, 1.82) is 0 Å². The Bertz CT molecular complexity index is 1060. The first-order chi connectivity index (χ1) is 15.6. The van der Waals surface area contributed by atoms with E-state index in [1.54, 1.807) is 0 Å². The van der Waals surface area contributed by atoms with E-state index >= 15 is 0 Å². The van der Waals surface area contributed by atoms with Gasteiger partial charge in [0.1, 0.15) is 14.2 Å². The smallest absolute Gasteiger partial charge is 0.335 e. The van der Waals surface area contributed by atoms with Gasteiger partial charge in [-0.1, -0.05) is 70.6 Å². The molecular weight excluding hydrogens is 560 g/mol. The SMILES string of the molecule is CC(C)(C)[Si](C)(C)OC[C@H]1OC(n2c([Si](C)(C)CBr)cc(=O)[nH]c2=O)=C[C@@H]1O[Si](C)(C)C(C)(C)C. The minimum absolute atomic E-state index is 0.0132. The number of hydrogen-bond donors (Lipinski definition) is 1. The number of rotatable bonds is 8. The molecule has 1 aromatic heterocycles. The van der Waals surface area contributed by atoms with E-state index in [4.69, 9.17) is 13.6 Å². The van der Waals surface area contributed by atoms with Gasteiger partial charge in [0.2, 0.25) is 5.88 Å². The summed E-state index contributed by atoms with van der Waals surface area (Å²) in [6.45, 7) is 26.7. The number of H-pyrrole nitrogens is 1. The summed E-state index contributed by atoms with van der Waals surface area (Å²) in [7, 11) is -6.31. The molecule has 0 amide bonds. The van der Waals surface area contributed by atoms with Crippen LogP contribution in [0.25, 0.3) is 5.88 Å². The molecule has 0 saturated heterocycles. The fourth-order valence-corrected chi connectivity index (χ4v) is 7.79. The highest BCUT2D eigenvalue weighted by Crippen LogP contribution is 2.40. The molecule has 0 spiro atoms. The van der Waals surface area contributed by atoms with Gasteiger partial charge in [-0.25, -0.2) is 9.36 Å². The summed E-state index contributed by atoms with van der Waals surface area (Å²) in [6, 6.07) is 1.53. The predicted octanol–water partition coefficient (Wildman–Crippen LogP) is 5.00. The number of aromatic nitrogens is 2. The molecule has 200 valence electrons. The maximum atomic E-state index is 13.1. The summed E-state index contributed by atoms with van der Waals surface area (Å²) in [4.78, 5) is 28.4. The van der Waals surface area contributed by atoms with Gasteiger partial charge < -0.3 is 13.6 Å². The van der Waals surface area contributed by atoms with Crippen LogP contribution in [0.2, 0.25) is 49.4 Å². The van der Waals surface area contributed by atoms with Crippen molar-refractivity contribution in [3.63, 3.8) is 0 Å². The third-order valence-electron chi connectivity index (χ3n) is 7.79. The molecule has 35 heavy (non-hydrogen) atoms. The van der Waals surface area contributed by atoms with E-state index in [1.807, 2.05) is 6.08 Å². The highest BCUT2D eigenvalue weighted by atomic mass is 79.9. The number of aromatic amines is 1. The van der Waals surface area contributed by atoms with Crippen LogP contribution < -0.4 is 16.6 Å². The van der Waals surface area contributed by atoms with Crippen molar-refractivity contribution in [3.8, 4) is 0 Å². The lowest BCUT2D eigenvalue weighted by molar-refractivity contribution is 0.0341. The highest BCUT2D eigenvalue weighted by Gasteiger charge is 2.45. The molecule has 1 aliphatic heterocycles. The van der Waals surface area contributed by atoms with E-state index in [1.165, 1.54) is 10.6 Å². The van der Waals surface area contributed by atoms with Crippen LogP contribution in [0.15, 0.2) is 21.7 Å². The molecule has 0 unspecified atom stereocenters. The molecule has 0 fully saturated rings. The number of alkyl halides is 1. The molecular formula is C24H45BrN2O5Si3. The summed E-state index contributed by atoms with van der Waals surface area (Å²) in [5.41, 5.74) is -0.884. The Kier molecular flexibility index (Phi) is 8.89. The van der Waals surface area contributed by atoms with Crippen LogP contribution >= 0.6 is 15.9 Å². The monoisotopic (exact) mass is 604 g/mol. The third kappa shape index (κ3) is 6.78. The van der Waals surface area contributed by atoms with Crippen LogP contribution in [0.5, 0.6) is 0 Å². The number of nitrogens with zero attached hydrogens (tertiary/aromatic N) is 1. The van der Waals surface area contributed by atoms with Gasteiger partial charge in [0.15, 0.2) is 22.7 Å². The average Bonchev–Trinajstić information content (AvgIpc) is 3.05. The fourth-order valence-electron chi connectivity index (χ4n) is 3.18. The van der Waals surface area contributed by atoms with Gasteiger partial charge in [0.25, 0.3) is 5.56 Å². The molecule has 0 bridgehead atoms. The molecule has 0 radical (unpaired) electrons. The van der Waals surface area contributed by atoms with E-state index in [2.05, 4.69) is 102 Å². The third-order valence-corrected chi connectivity index (χ3v) is 23.4. The van der Waals surface area contributed by atoms with Crippen LogP contribution in [0.1, 0.15) is 41.5 Å². The van der Waals surface area contributed by atoms with Crippen molar-refractivity contribution in [2.75, 3.05) is 11.6 Å². The first-order valence-corrected chi connectivity index (χ1v) is 22.4. The molecule has 1 aromatic rings. The van der Waals surface area contributed by atoms with E-state index in [-0.39, 0.29) is 22.3 Å². The topological polar surface area (TPSA) is 82.5 Å². The van der Waals surface area contributed by atoms with Crippen molar-refractivity contribution in [1.82, 2.24) is 9.55 Å². The van der Waals surface area contributed by atoms with Crippen LogP contribution in [-0.2, 0) is 13.6 Å². The summed E-state index contributed by atoms with van der Waals surface area (Å²) in [5.74, 6) is 0.412. The Morgan fingerprint density at radius 1 is 1.00 bits per heavy atom. The van der Waals surface area contributed by atoms with E-state index in [0.29, 0.717) is 22.8 Å². The second-order valence-corrected chi connectivity index (χ2v) is 29.0. The molecule has 1 N–H and O–H groups in total. The normalized spacial score (nSPS) is 20.1. The number of nitrogens with one attached hydrogen (secondary N) is 1. The fraction of sp³-hybridized carbons (Fsp3) is 0.750. The van der Waals surface area contributed by atoms with Crippen LogP contribution in [0.3, 0.4) is 0 Å². The van der Waals surface area contributed by atoms with Crippen LogP contribution in [0.4, 0.5) is 0 Å². The lowest BCUT2D eigenvalue weighted by Crippen LogP contribution is -2.55. The quantitative estimate of drug-likeness (QED) is 0.333. The summed E-state index contributed by atoms with van der Waals surface area (Å²) >= 11 is 3.59. The minimum Gasteiger partial charge on any atom is -0.470 e. The summed E-state index contributed by atoms with van der Waals surface area (Å²) in [6.07, 6.45) is 1.17. The van der Waals surface area contributed by atoms with Gasteiger partial charge in [0, 0.05) is 22.4 Å². The molecule has 1 aliphatic rings. The Morgan fingerprint density at radius 2 is 1.54 bits per heavy atom. The first kappa shape index (κ1) is 30.5. The molecule has 0 saturated carbocycles. The van der Waals surface area contributed by atoms with E-state index in [0.717, 1.165) is 0 Å². The van der Waals surface area contributed by atoms with Crippen molar-refractivity contribution < 1.29 is 13.6 Å². The number of ether oxygens (including phenoxy) is 1. The van der Waals surface area contributed by atoms with Gasteiger partial charge in [-0.2, -0.15) is 0 Å². The number of hydrogen-bond acceptors (Lipinski definition) is 5. The standard InChI is InChI=1S/C24H45BrN2O5Si3/c1-23(2,3)34(9,10)30-15-18-17(32-35(11,12)24(4,5)6)13-20(31-18)27-21(33(7,8)16-25)14-19(28)26-22(27)29/h13-14,17-18H,15-16H2,1-12H3,(H,26,28,29)/t17-,18+/m0/s1. The van der Waals surface area contributed by atoms with Crippen molar-refractivity contribution in [2.45, 2.75) is 103 Å². The minimum atomic E-state index is -2.15. The van der Waals surface area contributed by atoms with Gasteiger partial charge in [0.05, 0.1) is 6.61 Å². The Morgan fingerprint density at radius 3 is 2.03 bits per heavy atom. The zero-order chi connectivity index (χ0) is 27.2. The molecule has 2 rings (SSSR count). The maximum Gasteiger partial charge on any atom is 0.335 e. The largest absolute Gasteiger partial charge is 0.470 e. The summed E-state index contributed by atoms with van der Waals surface area (Å²) in [5, 5.41) is 0.789. The summed E-state index contributed by atoms with van der Waals surface area (Å²) < 4.78 is 21.3. The van der Waals surface area contributed by atoms with Crippen LogP contribution in [-0.4, -0.2) is 58.0 Å². The number of halogens is 1. The van der Waals surface area contributed by atoms with Gasteiger partial charge in [-0.3, -0.25) is 9.78 Å². The predicted molar refractivity (Wildman–Crippen MR) is 157 cm³/mol. The van der Waals surface area contributed by atoms with Crippen molar-refractivity contribution in [2.24, 2.45) is 0 Å². The van der Waals surface area contributed by atoms with Crippen molar-refractivity contribution in [3.05, 3.63) is 33.0 Å². The second-order valence-electron chi connectivity index (χ2n) is 13.3. The molecule has 0 aliphatic carbocycles. The van der Waals surface area contributed by atoms with E-state index < -0.39 is 36.0 Å². The molecule has 7 nitrogen and oxygen atoms in total. The molecule has 0 aromatic carbocycles. The zero-order valence-electron chi connectivity index (χ0n) is 23.6. The van der Waals surface area contributed by atoms with Crippen LogP contribution in [0, 0.1) is 0 Å². The second kappa shape index (κ2) is 10.2. The average molecular weight is 606 g/mol. The van der Waals surface area contributed by atoms with E-state index in [9.17, 15) is 9.59 Å². The highest BCUT2D eigenvalue weighted by molar-refractivity contribution is 9.09. The lowest BCUT2D eigenvalue weighted by Gasteiger charge is -2.40. The lowest BCUT2D eigenvalue weighted by atomic mass is 10.2. The maximum absolute atomic E-state index is 13.1. The van der Waals surface area contributed by atoms with Gasteiger partial charge in [-0.05, 0) is 36.3 Å². The van der Waals surface area contributed by atoms with Gasteiger partial charge >= 0.3 is 5.69 Å². The molecule has 11 heteroatoms. The van der Waals surface area contributed by atoms with Gasteiger partial charge in [-0.15, -0.1) is 0 Å². The first-order valence-electron chi connectivity index (χ1n) is 12.3.